The van der Waals surface area contributed by atoms with Gasteiger partial charge in [0.1, 0.15) is 5.75 Å². The zero-order chi connectivity index (χ0) is 13.8. The molecule has 5 heteroatoms. The van der Waals surface area contributed by atoms with Gasteiger partial charge in [-0.15, -0.1) is 0 Å². The van der Waals surface area contributed by atoms with E-state index in [1.54, 1.807) is 7.11 Å². The second-order valence-electron chi connectivity index (χ2n) is 4.71. The van der Waals surface area contributed by atoms with Crippen molar-refractivity contribution in [3.63, 3.8) is 0 Å². The molecule has 2 aromatic rings. The molecule has 0 unspecified atom stereocenters. The number of ether oxygens (including phenoxy) is 1. The van der Waals surface area contributed by atoms with Gasteiger partial charge in [-0.2, -0.15) is 0 Å². The van der Waals surface area contributed by atoms with Crippen LogP contribution in [0.2, 0.25) is 0 Å². The van der Waals surface area contributed by atoms with Crippen LogP contribution < -0.4 is 15.0 Å². The summed E-state index contributed by atoms with van der Waals surface area (Å²) in [5.41, 5.74) is 1.97. The van der Waals surface area contributed by atoms with E-state index in [1.807, 2.05) is 36.5 Å². The number of nitrogens with one attached hydrogen (secondary N) is 1. The fourth-order valence-electron chi connectivity index (χ4n) is 2.31. The van der Waals surface area contributed by atoms with Crippen molar-refractivity contribution in [3.8, 4) is 17.0 Å². The molecule has 0 saturated carbocycles. The van der Waals surface area contributed by atoms with Gasteiger partial charge in [0.2, 0.25) is 5.95 Å². The Hall–Kier alpha value is -2.14. The van der Waals surface area contributed by atoms with E-state index in [0.29, 0.717) is 0 Å². The summed E-state index contributed by atoms with van der Waals surface area (Å²) in [6.45, 7) is 3.85. The molecule has 0 radical (unpaired) electrons. The van der Waals surface area contributed by atoms with Crippen molar-refractivity contribution in [2.75, 3.05) is 38.2 Å². The van der Waals surface area contributed by atoms with Crippen LogP contribution in [0, 0.1) is 0 Å². The van der Waals surface area contributed by atoms with Crippen LogP contribution in [0.3, 0.4) is 0 Å². The van der Waals surface area contributed by atoms with Crippen molar-refractivity contribution in [1.29, 1.82) is 0 Å². The third-order valence-electron chi connectivity index (χ3n) is 3.41. The predicted octanol–water partition coefficient (Wildman–Crippen LogP) is 1.56. The Balaban J connectivity index is 1.89. The maximum atomic E-state index is 5.26. The van der Waals surface area contributed by atoms with Crippen LogP contribution in [-0.4, -0.2) is 43.3 Å². The second kappa shape index (κ2) is 5.88. The molecule has 0 spiro atoms. The molecule has 0 aliphatic carbocycles. The Kier molecular flexibility index (Phi) is 3.78. The lowest BCUT2D eigenvalue weighted by Gasteiger charge is -2.27. The Morgan fingerprint density at radius 3 is 2.85 bits per heavy atom. The summed E-state index contributed by atoms with van der Waals surface area (Å²) < 4.78 is 5.26. The standard InChI is InChI=1S/C15H18N4O/c1-20-13-4-2-3-12(11-13)14-5-6-17-15(18-14)19-9-7-16-8-10-19/h2-6,11,16H,7-10H2,1H3. The van der Waals surface area contributed by atoms with Gasteiger partial charge in [-0.05, 0) is 18.2 Å². The maximum absolute atomic E-state index is 5.26. The average Bonchev–Trinajstić information content (AvgIpc) is 2.56. The number of benzene rings is 1. The van der Waals surface area contributed by atoms with Crippen molar-refractivity contribution in [1.82, 2.24) is 15.3 Å². The lowest BCUT2D eigenvalue weighted by Crippen LogP contribution is -2.44. The third kappa shape index (κ3) is 2.72. The second-order valence-corrected chi connectivity index (χ2v) is 4.71. The zero-order valence-corrected chi connectivity index (χ0v) is 11.5. The van der Waals surface area contributed by atoms with Crippen LogP contribution in [0.5, 0.6) is 5.75 Å². The zero-order valence-electron chi connectivity index (χ0n) is 11.5. The van der Waals surface area contributed by atoms with E-state index in [9.17, 15) is 0 Å². The number of aromatic nitrogens is 2. The van der Waals surface area contributed by atoms with Crippen LogP contribution in [0.25, 0.3) is 11.3 Å². The molecule has 0 bridgehead atoms. The van der Waals surface area contributed by atoms with Crippen LogP contribution >= 0.6 is 0 Å². The van der Waals surface area contributed by atoms with Crippen molar-refractivity contribution in [2.24, 2.45) is 0 Å². The lowest BCUT2D eigenvalue weighted by molar-refractivity contribution is 0.415. The maximum Gasteiger partial charge on any atom is 0.225 e. The minimum absolute atomic E-state index is 0.798. The molecule has 0 amide bonds. The molecule has 1 aromatic heterocycles. The lowest BCUT2D eigenvalue weighted by atomic mass is 10.1. The highest BCUT2D eigenvalue weighted by Gasteiger charge is 2.13. The molecule has 1 aromatic carbocycles. The normalized spacial score (nSPS) is 15.2. The first-order chi connectivity index (χ1) is 9.86. The number of methoxy groups -OCH3 is 1. The molecule has 20 heavy (non-hydrogen) atoms. The van der Waals surface area contributed by atoms with E-state index in [0.717, 1.165) is 49.1 Å². The first kappa shape index (κ1) is 12.9. The summed E-state index contributed by atoms with van der Waals surface area (Å²) in [5.74, 6) is 1.64. The Bertz CT molecular complexity index is 582. The van der Waals surface area contributed by atoms with Gasteiger partial charge >= 0.3 is 0 Å². The molecule has 3 rings (SSSR count). The number of nitrogens with zero attached hydrogens (tertiary/aromatic N) is 3. The smallest absolute Gasteiger partial charge is 0.225 e. The SMILES string of the molecule is COc1cccc(-c2ccnc(N3CCNCC3)n2)c1. The largest absolute Gasteiger partial charge is 0.497 e. The highest BCUT2D eigenvalue weighted by Crippen LogP contribution is 2.23. The van der Waals surface area contributed by atoms with Crippen LogP contribution in [-0.2, 0) is 0 Å². The van der Waals surface area contributed by atoms with Crippen LogP contribution in [0.15, 0.2) is 36.5 Å². The van der Waals surface area contributed by atoms with Crippen molar-refractivity contribution >= 4 is 5.95 Å². The summed E-state index contributed by atoms with van der Waals surface area (Å²) >= 11 is 0. The first-order valence-electron chi connectivity index (χ1n) is 6.80. The van der Waals surface area contributed by atoms with Gasteiger partial charge in [0.05, 0.1) is 12.8 Å². The van der Waals surface area contributed by atoms with E-state index >= 15 is 0 Å². The minimum atomic E-state index is 0.798. The van der Waals surface area contributed by atoms with Gasteiger partial charge in [-0.25, -0.2) is 9.97 Å². The molecular weight excluding hydrogens is 252 g/mol. The minimum Gasteiger partial charge on any atom is -0.497 e. The molecule has 0 atom stereocenters. The number of hydrogen-bond acceptors (Lipinski definition) is 5. The van der Waals surface area contributed by atoms with Gasteiger partial charge in [-0.3, -0.25) is 0 Å². The van der Waals surface area contributed by atoms with Crippen molar-refractivity contribution < 1.29 is 4.74 Å². The van der Waals surface area contributed by atoms with E-state index in [-0.39, 0.29) is 0 Å². The van der Waals surface area contributed by atoms with E-state index in [1.165, 1.54) is 0 Å². The molecule has 1 saturated heterocycles. The molecule has 1 aliphatic heterocycles. The molecule has 104 valence electrons. The van der Waals surface area contributed by atoms with Gasteiger partial charge < -0.3 is 15.0 Å². The Labute approximate surface area is 118 Å². The number of rotatable bonds is 3. The first-order valence-corrected chi connectivity index (χ1v) is 6.80. The Morgan fingerprint density at radius 1 is 1.20 bits per heavy atom. The van der Waals surface area contributed by atoms with E-state index < -0.39 is 0 Å². The Morgan fingerprint density at radius 2 is 2.05 bits per heavy atom. The predicted molar refractivity (Wildman–Crippen MR) is 79.1 cm³/mol. The summed E-state index contributed by atoms with van der Waals surface area (Å²) in [5, 5.41) is 3.33. The number of hydrogen-bond donors (Lipinski definition) is 1. The summed E-state index contributed by atoms with van der Waals surface area (Å²) in [6, 6.07) is 9.86. The van der Waals surface area contributed by atoms with Crippen LogP contribution in [0.4, 0.5) is 5.95 Å². The number of piperazine rings is 1. The molecule has 1 fully saturated rings. The van der Waals surface area contributed by atoms with Crippen LogP contribution in [0.1, 0.15) is 0 Å². The highest BCUT2D eigenvalue weighted by atomic mass is 16.5. The molecule has 1 aliphatic rings. The van der Waals surface area contributed by atoms with Crippen molar-refractivity contribution in [2.45, 2.75) is 0 Å². The van der Waals surface area contributed by atoms with Gasteiger partial charge in [0.15, 0.2) is 0 Å². The molecule has 5 nitrogen and oxygen atoms in total. The molecule has 1 N–H and O–H groups in total. The van der Waals surface area contributed by atoms with Crippen molar-refractivity contribution in [3.05, 3.63) is 36.5 Å². The third-order valence-corrected chi connectivity index (χ3v) is 3.41. The number of anilines is 1. The molecule has 2 heterocycles. The topological polar surface area (TPSA) is 50.3 Å². The van der Waals surface area contributed by atoms with Gasteiger partial charge in [-0.1, -0.05) is 12.1 Å². The summed E-state index contributed by atoms with van der Waals surface area (Å²) in [7, 11) is 1.67. The van der Waals surface area contributed by atoms with E-state index in [2.05, 4.69) is 20.2 Å². The van der Waals surface area contributed by atoms with E-state index in [4.69, 9.17) is 4.74 Å². The highest BCUT2D eigenvalue weighted by molar-refractivity contribution is 5.62. The fraction of sp³-hybridized carbons (Fsp3) is 0.333. The van der Waals surface area contributed by atoms with Gasteiger partial charge in [0, 0.05) is 37.9 Å². The quantitative estimate of drug-likeness (QED) is 0.917. The average molecular weight is 270 g/mol. The summed E-state index contributed by atoms with van der Waals surface area (Å²) in [6.07, 6.45) is 1.82. The van der Waals surface area contributed by atoms with Gasteiger partial charge in [0.25, 0.3) is 0 Å². The molecular formula is C15H18N4O. The fourth-order valence-corrected chi connectivity index (χ4v) is 2.31. The summed E-state index contributed by atoms with van der Waals surface area (Å²) in [4.78, 5) is 11.3. The monoisotopic (exact) mass is 270 g/mol.